The van der Waals surface area contributed by atoms with Crippen molar-refractivity contribution in [3.63, 3.8) is 0 Å². The normalized spacial score (nSPS) is 35.7. The third kappa shape index (κ3) is 3.16. The van der Waals surface area contributed by atoms with Gasteiger partial charge in [0.1, 0.15) is 0 Å². The lowest BCUT2D eigenvalue weighted by atomic mass is 9.41. The highest BCUT2D eigenvalue weighted by Crippen LogP contribution is 2.73. The van der Waals surface area contributed by atoms with Crippen molar-refractivity contribution < 1.29 is 31.8 Å². The number of phenols is 1. The van der Waals surface area contributed by atoms with E-state index in [0.29, 0.717) is 12.8 Å². The molecular formula is C24H31F5O2. The molecule has 4 aliphatic rings. The maximum atomic E-state index is 15.7. The average Bonchev–Trinajstić information content (AvgIpc) is 2.72. The van der Waals surface area contributed by atoms with E-state index < -0.39 is 58.1 Å². The second-order valence-electron chi connectivity index (χ2n) is 11.2. The quantitative estimate of drug-likeness (QED) is 0.496. The number of rotatable bonds is 4. The molecule has 174 valence electrons. The fraction of sp³-hybridized carbons (Fsp3) is 0.750. The third-order valence-electron chi connectivity index (χ3n) is 9.00. The van der Waals surface area contributed by atoms with Crippen molar-refractivity contribution in [3.05, 3.63) is 23.8 Å². The van der Waals surface area contributed by atoms with Gasteiger partial charge in [-0.15, -0.1) is 0 Å². The Balaban J connectivity index is 1.57. The maximum absolute atomic E-state index is 15.7. The van der Waals surface area contributed by atoms with Crippen LogP contribution in [0.4, 0.5) is 22.0 Å². The summed E-state index contributed by atoms with van der Waals surface area (Å²) < 4.78 is 80.0. The Hall–Kier alpha value is -1.53. The van der Waals surface area contributed by atoms with Gasteiger partial charge in [-0.2, -0.15) is 8.78 Å². The molecule has 0 saturated heterocycles. The number of aromatic hydroxyl groups is 1. The van der Waals surface area contributed by atoms with Crippen LogP contribution in [-0.2, 0) is 0 Å². The SMILES string of the molecule is CC1(C)CCC(C)(C23CCC(COc4ccc(O)c(F)c4F)(CC2)C(F)C3(F)F)CC1. The summed E-state index contributed by atoms with van der Waals surface area (Å²) >= 11 is 0. The topological polar surface area (TPSA) is 29.5 Å². The minimum absolute atomic E-state index is 0.116. The first kappa shape index (κ1) is 22.7. The lowest BCUT2D eigenvalue weighted by molar-refractivity contribution is -0.313. The molecular weight excluding hydrogens is 415 g/mol. The van der Waals surface area contributed by atoms with Crippen molar-refractivity contribution in [2.24, 2.45) is 21.7 Å². The fourth-order valence-corrected chi connectivity index (χ4v) is 6.42. The molecule has 1 N–H and O–H groups in total. The van der Waals surface area contributed by atoms with Gasteiger partial charge in [-0.05, 0) is 74.3 Å². The molecule has 0 aromatic heterocycles. The summed E-state index contributed by atoms with van der Waals surface area (Å²) in [6.07, 6.45) is 1.46. The second-order valence-corrected chi connectivity index (χ2v) is 11.2. The van der Waals surface area contributed by atoms with Gasteiger partial charge in [0, 0.05) is 10.8 Å². The first-order valence-corrected chi connectivity index (χ1v) is 11.1. The molecule has 0 radical (unpaired) electrons. The van der Waals surface area contributed by atoms with Crippen molar-refractivity contribution in [1.82, 2.24) is 0 Å². The van der Waals surface area contributed by atoms with Gasteiger partial charge in [0.05, 0.1) is 6.61 Å². The number of alkyl halides is 3. The number of phenolic OH excluding ortho intramolecular Hbond substituents is 1. The molecule has 5 rings (SSSR count). The minimum Gasteiger partial charge on any atom is -0.505 e. The molecule has 0 amide bonds. The summed E-state index contributed by atoms with van der Waals surface area (Å²) in [7, 11) is 0. The summed E-state index contributed by atoms with van der Waals surface area (Å²) in [6.45, 7) is 5.75. The summed E-state index contributed by atoms with van der Waals surface area (Å²) in [5, 5.41) is 9.23. The molecule has 1 atom stereocenters. The van der Waals surface area contributed by atoms with E-state index in [0.717, 1.165) is 25.0 Å². The monoisotopic (exact) mass is 446 g/mol. The fourth-order valence-electron chi connectivity index (χ4n) is 6.42. The third-order valence-corrected chi connectivity index (χ3v) is 9.00. The summed E-state index contributed by atoms with van der Waals surface area (Å²) in [6, 6.07) is 1.95. The molecule has 0 heterocycles. The Labute approximate surface area is 180 Å². The Morgan fingerprint density at radius 2 is 1.48 bits per heavy atom. The number of hydrogen-bond donors (Lipinski definition) is 1. The van der Waals surface area contributed by atoms with Crippen LogP contribution >= 0.6 is 0 Å². The van der Waals surface area contributed by atoms with E-state index in [9.17, 15) is 13.9 Å². The van der Waals surface area contributed by atoms with Crippen LogP contribution in [0.2, 0.25) is 0 Å². The predicted molar refractivity (Wildman–Crippen MR) is 107 cm³/mol. The van der Waals surface area contributed by atoms with Gasteiger partial charge in [-0.25, -0.2) is 13.2 Å². The average molecular weight is 447 g/mol. The summed E-state index contributed by atoms with van der Waals surface area (Å²) in [5.41, 5.74) is -3.33. The van der Waals surface area contributed by atoms with Gasteiger partial charge < -0.3 is 9.84 Å². The zero-order valence-corrected chi connectivity index (χ0v) is 18.3. The summed E-state index contributed by atoms with van der Waals surface area (Å²) in [4.78, 5) is 0. The highest BCUT2D eigenvalue weighted by molar-refractivity contribution is 5.34. The molecule has 31 heavy (non-hydrogen) atoms. The van der Waals surface area contributed by atoms with Crippen LogP contribution in [0.25, 0.3) is 0 Å². The number of ether oxygens (including phenoxy) is 1. The zero-order chi connectivity index (χ0) is 22.9. The largest absolute Gasteiger partial charge is 0.505 e. The predicted octanol–water partition coefficient (Wildman–Crippen LogP) is 7.19. The Bertz CT molecular complexity index is 848. The van der Waals surface area contributed by atoms with E-state index >= 15 is 13.2 Å². The highest BCUT2D eigenvalue weighted by atomic mass is 19.3. The van der Waals surface area contributed by atoms with Crippen LogP contribution < -0.4 is 4.74 Å². The molecule has 2 nitrogen and oxygen atoms in total. The lowest BCUT2D eigenvalue weighted by Crippen LogP contribution is -2.69. The number of benzene rings is 1. The van der Waals surface area contributed by atoms with Crippen LogP contribution in [0.3, 0.4) is 0 Å². The van der Waals surface area contributed by atoms with Crippen LogP contribution in [0.5, 0.6) is 11.5 Å². The van der Waals surface area contributed by atoms with Gasteiger partial charge in [-0.1, -0.05) is 20.8 Å². The first-order chi connectivity index (χ1) is 14.3. The van der Waals surface area contributed by atoms with Gasteiger partial charge in [0.2, 0.25) is 11.6 Å². The molecule has 4 fully saturated rings. The molecule has 2 bridgehead atoms. The summed E-state index contributed by atoms with van der Waals surface area (Å²) in [5.74, 6) is -7.78. The van der Waals surface area contributed by atoms with Crippen molar-refractivity contribution in [3.8, 4) is 11.5 Å². The van der Waals surface area contributed by atoms with Crippen LogP contribution in [0.15, 0.2) is 12.1 Å². The molecule has 0 spiro atoms. The second kappa shape index (κ2) is 6.98. The van der Waals surface area contributed by atoms with Crippen molar-refractivity contribution in [2.75, 3.05) is 6.61 Å². The van der Waals surface area contributed by atoms with E-state index in [2.05, 4.69) is 13.8 Å². The Morgan fingerprint density at radius 1 is 0.903 bits per heavy atom. The Morgan fingerprint density at radius 3 is 2.06 bits per heavy atom. The van der Waals surface area contributed by atoms with Crippen molar-refractivity contribution >= 4 is 0 Å². The van der Waals surface area contributed by atoms with Gasteiger partial charge in [0.15, 0.2) is 17.7 Å². The van der Waals surface area contributed by atoms with Gasteiger partial charge >= 0.3 is 0 Å². The maximum Gasteiger partial charge on any atom is 0.285 e. The van der Waals surface area contributed by atoms with E-state index in [-0.39, 0.29) is 31.1 Å². The molecule has 4 aliphatic carbocycles. The van der Waals surface area contributed by atoms with Crippen LogP contribution in [-0.4, -0.2) is 23.8 Å². The molecule has 0 aliphatic heterocycles. The minimum atomic E-state index is -3.51. The smallest absolute Gasteiger partial charge is 0.285 e. The van der Waals surface area contributed by atoms with Gasteiger partial charge in [0.25, 0.3) is 5.92 Å². The van der Waals surface area contributed by atoms with E-state index in [4.69, 9.17) is 4.74 Å². The molecule has 4 saturated carbocycles. The zero-order valence-electron chi connectivity index (χ0n) is 18.3. The van der Waals surface area contributed by atoms with E-state index in [1.807, 2.05) is 6.92 Å². The lowest BCUT2D eigenvalue weighted by Gasteiger charge is -2.66. The molecule has 7 heteroatoms. The molecule has 1 unspecified atom stereocenters. The van der Waals surface area contributed by atoms with Crippen LogP contribution in [0, 0.1) is 33.3 Å². The first-order valence-electron chi connectivity index (χ1n) is 11.1. The highest BCUT2D eigenvalue weighted by Gasteiger charge is 2.76. The van der Waals surface area contributed by atoms with E-state index in [1.54, 1.807) is 0 Å². The molecule has 1 aromatic rings. The standard InChI is InChI=1S/C24H31F5O2/c1-20(2)6-8-21(3,9-7-20)23-12-10-22(11-13-23,19(27)24(23,28)29)14-31-16-5-4-15(30)17(25)18(16)26/h4-5,19,30H,6-14H2,1-3H3. The number of fused-ring (bicyclic) bond motifs is 3. The van der Waals surface area contributed by atoms with Gasteiger partial charge in [-0.3, -0.25) is 0 Å². The van der Waals surface area contributed by atoms with Crippen molar-refractivity contribution in [2.45, 2.75) is 84.2 Å². The Kier molecular flexibility index (Phi) is 5.10. The number of hydrogen-bond acceptors (Lipinski definition) is 2. The van der Waals surface area contributed by atoms with E-state index in [1.165, 1.54) is 0 Å². The van der Waals surface area contributed by atoms with Crippen molar-refractivity contribution in [1.29, 1.82) is 0 Å². The number of halogens is 5. The van der Waals surface area contributed by atoms with Crippen LogP contribution in [0.1, 0.15) is 72.1 Å². The molecule has 1 aromatic carbocycles.